The van der Waals surface area contributed by atoms with E-state index in [0.29, 0.717) is 5.92 Å². The minimum atomic E-state index is 0.696. The summed E-state index contributed by atoms with van der Waals surface area (Å²) in [5.41, 5.74) is 2.21. The van der Waals surface area contributed by atoms with Crippen molar-refractivity contribution < 1.29 is 0 Å². The minimum Gasteiger partial charge on any atom is -0.222 e. The van der Waals surface area contributed by atoms with E-state index in [4.69, 9.17) is 0 Å². The van der Waals surface area contributed by atoms with Crippen molar-refractivity contribution in [2.45, 2.75) is 18.8 Å². The number of rotatable bonds is 1. The maximum atomic E-state index is 4.32. The molecule has 0 aliphatic heterocycles. The van der Waals surface area contributed by atoms with Crippen LogP contribution < -0.4 is 0 Å². The van der Waals surface area contributed by atoms with Crippen LogP contribution in [0.25, 0.3) is 5.65 Å². The lowest BCUT2D eigenvalue weighted by molar-refractivity contribution is 0.838. The van der Waals surface area contributed by atoms with Crippen molar-refractivity contribution in [2.75, 3.05) is 0 Å². The fraction of sp³-hybridized carbons (Fsp3) is 0.333. The van der Waals surface area contributed by atoms with Gasteiger partial charge in [0.2, 0.25) is 0 Å². The third-order valence-corrected chi connectivity index (χ3v) is 2.76. The second kappa shape index (κ2) is 2.54. The van der Waals surface area contributed by atoms with E-state index in [0.717, 1.165) is 10.3 Å². The Morgan fingerprint density at radius 1 is 1.46 bits per heavy atom. The van der Waals surface area contributed by atoms with Crippen LogP contribution in [0.15, 0.2) is 22.9 Å². The highest BCUT2D eigenvalue weighted by Gasteiger charge is 2.26. The van der Waals surface area contributed by atoms with Crippen LogP contribution in [0.4, 0.5) is 0 Å². The zero-order valence-electron chi connectivity index (χ0n) is 6.94. The summed E-state index contributed by atoms with van der Waals surface area (Å²) < 4.78 is 2.84. The Balaban J connectivity index is 2.33. The molecular weight excluding hydrogens is 230 g/mol. The van der Waals surface area contributed by atoms with Gasteiger partial charge >= 0.3 is 0 Å². The van der Waals surface area contributed by atoms with Gasteiger partial charge < -0.3 is 0 Å². The van der Waals surface area contributed by atoms with Crippen LogP contribution in [0, 0.1) is 0 Å². The van der Waals surface area contributed by atoms with Crippen molar-refractivity contribution in [3.05, 3.63) is 28.6 Å². The molecule has 0 unspecified atom stereocenters. The molecule has 0 bridgehead atoms. The zero-order chi connectivity index (χ0) is 8.84. The van der Waals surface area contributed by atoms with Gasteiger partial charge in [-0.05, 0) is 34.8 Å². The Kier molecular flexibility index (Phi) is 1.47. The summed E-state index contributed by atoms with van der Waals surface area (Å²) in [6.45, 7) is 0. The number of hydrogen-bond donors (Lipinski definition) is 0. The maximum absolute atomic E-state index is 4.32. The molecule has 2 aromatic rings. The van der Waals surface area contributed by atoms with Gasteiger partial charge in [-0.15, -0.1) is 0 Å². The molecule has 1 saturated carbocycles. The molecule has 2 heterocycles. The second-order valence-corrected chi connectivity index (χ2v) is 4.19. The Labute approximate surface area is 83.9 Å². The van der Waals surface area contributed by atoms with E-state index in [1.54, 1.807) is 6.20 Å². The highest BCUT2D eigenvalue weighted by molar-refractivity contribution is 9.10. The maximum Gasteiger partial charge on any atom is 0.156 e. The largest absolute Gasteiger partial charge is 0.222 e. The summed E-state index contributed by atoms with van der Waals surface area (Å²) in [6, 6.07) is 3.99. The lowest BCUT2D eigenvalue weighted by atomic mass is 10.3. The van der Waals surface area contributed by atoms with Crippen molar-refractivity contribution in [1.82, 2.24) is 14.6 Å². The van der Waals surface area contributed by atoms with Gasteiger partial charge in [-0.1, -0.05) is 0 Å². The van der Waals surface area contributed by atoms with Crippen LogP contribution in [0.1, 0.15) is 24.5 Å². The van der Waals surface area contributed by atoms with E-state index in [1.165, 1.54) is 18.5 Å². The molecule has 2 aromatic heterocycles. The van der Waals surface area contributed by atoms with Gasteiger partial charge in [0.1, 0.15) is 4.60 Å². The predicted molar refractivity (Wildman–Crippen MR) is 52.7 cm³/mol. The average Bonchev–Trinajstić information content (AvgIpc) is 2.84. The topological polar surface area (TPSA) is 30.2 Å². The summed E-state index contributed by atoms with van der Waals surface area (Å²) in [5, 5.41) is 4.25. The summed E-state index contributed by atoms with van der Waals surface area (Å²) in [4.78, 5) is 4.32. The molecule has 3 nitrogen and oxygen atoms in total. The number of aromatic nitrogens is 3. The molecule has 1 fully saturated rings. The lowest BCUT2D eigenvalue weighted by Gasteiger charge is -2.02. The molecule has 0 amide bonds. The molecule has 4 heteroatoms. The molecule has 13 heavy (non-hydrogen) atoms. The van der Waals surface area contributed by atoms with E-state index in [9.17, 15) is 0 Å². The average molecular weight is 238 g/mol. The monoisotopic (exact) mass is 237 g/mol. The first kappa shape index (κ1) is 7.50. The van der Waals surface area contributed by atoms with E-state index >= 15 is 0 Å². The van der Waals surface area contributed by atoms with Gasteiger partial charge in [-0.2, -0.15) is 5.10 Å². The summed E-state index contributed by atoms with van der Waals surface area (Å²) >= 11 is 3.41. The van der Waals surface area contributed by atoms with Crippen LogP contribution in [0.3, 0.4) is 0 Å². The van der Waals surface area contributed by atoms with Crippen molar-refractivity contribution in [3.8, 4) is 0 Å². The van der Waals surface area contributed by atoms with Crippen LogP contribution >= 0.6 is 15.9 Å². The van der Waals surface area contributed by atoms with E-state index < -0.39 is 0 Å². The first-order valence-corrected chi connectivity index (χ1v) is 5.14. The molecule has 0 radical (unpaired) electrons. The van der Waals surface area contributed by atoms with E-state index in [2.05, 4.69) is 32.1 Å². The standard InChI is InChI=1S/C9H8BrN3/c10-8-5-7(6-1-2-6)13-9(12-8)3-4-11-13/h3-6H,1-2H2. The van der Waals surface area contributed by atoms with Gasteiger partial charge in [-0.3, -0.25) is 0 Å². The molecule has 0 N–H and O–H groups in total. The van der Waals surface area contributed by atoms with Gasteiger partial charge in [0.05, 0.1) is 11.9 Å². The first-order valence-electron chi connectivity index (χ1n) is 4.35. The number of halogens is 1. The zero-order valence-corrected chi connectivity index (χ0v) is 8.53. The predicted octanol–water partition coefficient (Wildman–Crippen LogP) is 2.37. The molecule has 66 valence electrons. The third-order valence-electron chi connectivity index (χ3n) is 2.35. The van der Waals surface area contributed by atoms with Gasteiger partial charge in [0.15, 0.2) is 5.65 Å². The van der Waals surface area contributed by atoms with Crippen LogP contribution in [0.2, 0.25) is 0 Å². The van der Waals surface area contributed by atoms with Gasteiger partial charge in [0.25, 0.3) is 0 Å². The fourth-order valence-corrected chi connectivity index (χ4v) is 1.99. The van der Waals surface area contributed by atoms with Crippen LogP contribution in [-0.4, -0.2) is 14.6 Å². The second-order valence-electron chi connectivity index (χ2n) is 3.38. The molecule has 0 aromatic carbocycles. The molecule has 0 atom stereocenters. The highest BCUT2D eigenvalue weighted by Crippen LogP contribution is 2.40. The first-order chi connectivity index (χ1) is 6.34. The number of fused-ring (bicyclic) bond motifs is 1. The summed E-state index contributed by atoms with van der Waals surface area (Å²) in [7, 11) is 0. The van der Waals surface area contributed by atoms with Gasteiger partial charge in [0, 0.05) is 12.0 Å². The Morgan fingerprint density at radius 2 is 2.31 bits per heavy atom. The molecule has 3 rings (SSSR count). The third kappa shape index (κ3) is 1.16. The summed E-state index contributed by atoms with van der Waals surface area (Å²) in [5.74, 6) is 0.696. The van der Waals surface area contributed by atoms with Gasteiger partial charge in [-0.25, -0.2) is 9.50 Å². The fourth-order valence-electron chi connectivity index (χ4n) is 1.57. The van der Waals surface area contributed by atoms with Crippen molar-refractivity contribution in [2.24, 2.45) is 0 Å². The van der Waals surface area contributed by atoms with E-state index in [1.807, 2.05) is 10.6 Å². The SMILES string of the molecule is Brc1cc(C2CC2)n2nccc2n1. The van der Waals surface area contributed by atoms with Crippen molar-refractivity contribution >= 4 is 21.6 Å². The van der Waals surface area contributed by atoms with Crippen LogP contribution in [0.5, 0.6) is 0 Å². The smallest absolute Gasteiger partial charge is 0.156 e. The van der Waals surface area contributed by atoms with Crippen molar-refractivity contribution in [3.63, 3.8) is 0 Å². The molecule has 0 spiro atoms. The molecule has 1 aliphatic rings. The highest BCUT2D eigenvalue weighted by atomic mass is 79.9. The lowest BCUT2D eigenvalue weighted by Crippen LogP contribution is -1.98. The molecular formula is C9H8BrN3. The number of nitrogens with zero attached hydrogens (tertiary/aromatic N) is 3. The van der Waals surface area contributed by atoms with Crippen molar-refractivity contribution in [1.29, 1.82) is 0 Å². The molecule has 1 aliphatic carbocycles. The minimum absolute atomic E-state index is 0.696. The van der Waals surface area contributed by atoms with Crippen LogP contribution in [-0.2, 0) is 0 Å². The molecule has 0 saturated heterocycles. The Bertz CT molecular complexity index is 459. The summed E-state index contributed by atoms with van der Waals surface area (Å²) in [6.07, 6.45) is 4.36. The normalized spacial score (nSPS) is 16.7. The Morgan fingerprint density at radius 3 is 3.08 bits per heavy atom. The number of hydrogen-bond acceptors (Lipinski definition) is 2. The van der Waals surface area contributed by atoms with E-state index in [-0.39, 0.29) is 0 Å². The Hall–Kier alpha value is -0.900. The quantitative estimate of drug-likeness (QED) is 0.714.